The van der Waals surface area contributed by atoms with E-state index in [2.05, 4.69) is 4.98 Å². The smallest absolute Gasteiger partial charge is 0.201 e. The monoisotopic (exact) mass is 297 g/mol. The van der Waals surface area contributed by atoms with Gasteiger partial charge in [0.15, 0.2) is 0 Å². The summed E-state index contributed by atoms with van der Waals surface area (Å²) in [4.78, 5) is 4.18. The molecule has 0 radical (unpaired) electrons. The van der Waals surface area contributed by atoms with Crippen molar-refractivity contribution in [3.63, 3.8) is 0 Å². The number of anilines is 1. The highest BCUT2D eigenvalue weighted by Crippen LogP contribution is 2.26. The molecule has 0 bridgehead atoms. The molecule has 0 saturated carbocycles. The second kappa shape index (κ2) is 5.58. The normalized spacial score (nSPS) is 19.6. The fraction of sp³-hybridized carbons (Fsp3) is 0.500. The van der Waals surface area contributed by atoms with Gasteiger partial charge in [0, 0.05) is 19.2 Å². The molecule has 1 aromatic heterocycles. The standard InChI is InChI=1S/C14H17ClFN3O/c15-10-7-13-12(8-11(10)16)18-14(17)19(13)5-4-9-3-1-2-6-20-9/h7-9H,1-6H2,(H2,17,18). The van der Waals surface area contributed by atoms with Crippen LogP contribution in [0.25, 0.3) is 11.0 Å². The molecule has 6 heteroatoms. The molecule has 20 heavy (non-hydrogen) atoms. The van der Waals surface area contributed by atoms with Crippen LogP contribution in [0.3, 0.4) is 0 Å². The van der Waals surface area contributed by atoms with Crippen LogP contribution in [0.2, 0.25) is 5.02 Å². The molecular formula is C14H17ClFN3O. The zero-order valence-corrected chi connectivity index (χ0v) is 11.9. The van der Waals surface area contributed by atoms with Gasteiger partial charge in [0.2, 0.25) is 5.95 Å². The summed E-state index contributed by atoms with van der Waals surface area (Å²) in [5, 5.41) is 0.0903. The van der Waals surface area contributed by atoms with E-state index in [9.17, 15) is 4.39 Å². The van der Waals surface area contributed by atoms with E-state index < -0.39 is 5.82 Å². The van der Waals surface area contributed by atoms with Crippen LogP contribution in [0.4, 0.5) is 10.3 Å². The zero-order valence-electron chi connectivity index (χ0n) is 11.1. The Balaban J connectivity index is 1.83. The maximum atomic E-state index is 13.4. The van der Waals surface area contributed by atoms with Crippen molar-refractivity contribution in [3.8, 4) is 0 Å². The van der Waals surface area contributed by atoms with Crippen molar-refractivity contribution < 1.29 is 9.13 Å². The predicted octanol–water partition coefficient (Wildman–Crippen LogP) is 3.37. The van der Waals surface area contributed by atoms with Crippen molar-refractivity contribution in [3.05, 3.63) is 23.0 Å². The number of halogens is 2. The highest BCUT2D eigenvalue weighted by atomic mass is 35.5. The van der Waals surface area contributed by atoms with Gasteiger partial charge >= 0.3 is 0 Å². The Hall–Kier alpha value is -1.33. The van der Waals surface area contributed by atoms with Crippen LogP contribution in [0.5, 0.6) is 0 Å². The van der Waals surface area contributed by atoms with Crippen LogP contribution >= 0.6 is 11.6 Å². The number of nitrogens with zero attached hydrogens (tertiary/aromatic N) is 2. The maximum absolute atomic E-state index is 13.4. The van der Waals surface area contributed by atoms with Crippen LogP contribution < -0.4 is 5.73 Å². The van der Waals surface area contributed by atoms with E-state index in [0.717, 1.165) is 31.4 Å². The molecule has 108 valence electrons. The quantitative estimate of drug-likeness (QED) is 0.945. The second-order valence-corrected chi connectivity index (χ2v) is 5.56. The Morgan fingerprint density at radius 3 is 3.05 bits per heavy atom. The van der Waals surface area contributed by atoms with E-state index in [-0.39, 0.29) is 11.1 Å². The molecule has 2 heterocycles. The first-order valence-electron chi connectivity index (χ1n) is 6.87. The van der Waals surface area contributed by atoms with E-state index in [1.807, 2.05) is 4.57 Å². The highest BCUT2D eigenvalue weighted by molar-refractivity contribution is 6.31. The SMILES string of the molecule is Nc1nc2cc(F)c(Cl)cc2n1CCC1CCCCO1. The minimum Gasteiger partial charge on any atom is -0.378 e. The third kappa shape index (κ3) is 2.60. The van der Waals surface area contributed by atoms with Crippen molar-refractivity contribution in [2.75, 3.05) is 12.3 Å². The van der Waals surface area contributed by atoms with Crippen molar-refractivity contribution in [1.29, 1.82) is 0 Å². The van der Waals surface area contributed by atoms with Crippen LogP contribution in [-0.4, -0.2) is 22.3 Å². The number of nitrogen functional groups attached to an aromatic ring is 1. The molecule has 0 spiro atoms. The van der Waals surface area contributed by atoms with Crippen molar-refractivity contribution in [1.82, 2.24) is 9.55 Å². The Labute approximate surface area is 121 Å². The van der Waals surface area contributed by atoms with Crippen LogP contribution in [0, 0.1) is 5.82 Å². The average molecular weight is 298 g/mol. The molecule has 1 unspecified atom stereocenters. The van der Waals surface area contributed by atoms with E-state index in [0.29, 0.717) is 18.0 Å². The summed E-state index contributed by atoms with van der Waals surface area (Å²) in [7, 11) is 0. The second-order valence-electron chi connectivity index (χ2n) is 5.15. The first-order chi connectivity index (χ1) is 9.65. The molecule has 2 aromatic rings. The highest BCUT2D eigenvalue weighted by Gasteiger charge is 2.16. The van der Waals surface area contributed by atoms with Crippen LogP contribution in [-0.2, 0) is 11.3 Å². The molecule has 3 rings (SSSR count). The van der Waals surface area contributed by atoms with Crippen LogP contribution in [0.15, 0.2) is 12.1 Å². The van der Waals surface area contributed by atoms with Gasteiger partial charge in [0.1, 0.15) is 5.82 Å². The largest absolute Gasteiger partial charge is 0.378 e. The number of benzene rings is 1. The van der Waals surface area contributed by atoms with Gasteiger partial charge in [-0.05, 0) is 31.7 Å². The molecule has 0 aliphatic carbocycles. The molecular weight excluding hydrogens is 281 g/mol. The number of ether oxygens (including phenoxy) is 1. The first-order valence-corrected chi connectivity index (χ1v) is 7.25. The summed E-state index contributed by atoms with van der Waals surface area (Å²) < 4.78 is 21.0. The van der Waals surface area contributed by atoms with Gasteiger partial charge in [-0.3, -0.25) is 0 Å². The average Bonchev–Trinajstić information content (AvgIpc) is 2.73. The molecule has 1 aliphatic rings. The van der Waals surface area contributed by atoms with Gasteiger partial charge in [-0.2, -0.15) is 0 Å². The lowest BCUT2D eigenvalue weighted by atomic mass is 10.1. The maximum Gasteiger partial charge on any atom is 0.201 e. The molecule has 4 nitrogen and oxygen atoms in total. The molecule has 1 aromatic carbocycles. The number of aromatic nitrogens is 2. The molecule has 1 saturated heterocycles. The van der Waals surface area contributed by atoms with Gasteiger partial charge in [-0.25, -0.2) is 9.37 Å². The van der Waals surface area contributed by atoms with Crippen LogP contribution in [0.1, 0.15) is 25.7 Å². The summed E-state index contributed by atoms with van der Waals surface area (Å²) in [5.41, 5.74) is 7.22. The fourth-order valence-electron chi connectivity index (χ4n) is 2.68. The Morgan fingerprint density at radius 1 is 1.45 bits per heavy atom. The third-order valence-electron chi connectivity index (χ3n) is 3.77. The minimum absolute atomic E-state index is 0.0903. The Kier molecular flexibility index (Phi) is 3.81. The van der Waals surface area contributed by atoms with Gasteiger partial charge in [0.05, 0.1) is 22.2 Å². The Morgan fingerprint density at radius 2 is 2.30 bits per heavy atom. The summed E-state index contributed by atoms with van der Waals surface area (Å²) in [6, 6.07) is 2.90. The predicted molar refractivity (Wildman–Crippen MR) is 77.3 cm³/mol. The third-order valence-corrected chi connectivity index (χ3v) is 4.06. The van der Waals surface area contributed by atoms with E-state index in [1.54, 1.807) is 6.07 Å². The van der Waals surface area contributed by atoms with Crippen molar-refractivity contribution >= 4 is 28.6 Å². The number of fused-ring (bicyclic) bond motifs is 1. The zero-order chi connectivity index (χ0) is 14.1. The number of hydrogen-bond donors (Lipinski definition) is 1. The number of aryl methyl sites for hydroxylation is 1. The minimum atomic E-state index is -0.473. The number of imidazole rings is 1. The molecule has 1 aliphatic heterocycles. The van der Waals surface area contributed by atoms with Crippen molar-refractivity contribution in [2.24, 2.45) is 0 Å². The lowest BCUT2D eigenvalue weighted by molar-refractivity contribution is 0.00906. The molecule has 1 atom stereocenters. The van der Waals surface area contributed by atoms with Gasteiger partial charge < -0.3 is 15.0 Å². The topological polar surface area (TPSA) is 53.1 Å². The molecule has 2 N–H and O–H groups in total. The summed E-state index contributed by atoms with van der Waals surface area (Å²) in [5.74, 6) is -0.0862. The summed E-state index contributed by atoms with van der Waals surface area (Å²) in [6.45, 7) is 1.54. The molecule has 0 amide bonds. The number of hydrogen-bond acceptors (Lipinski definition) is 3. The Bertz CT molecular complexity index is 622. The summed E-state index contributed by atoms with van der Waals surface area (Å²) in [6.07, 6.45) is 4.59. The van der Waals surface area contributed by atoms with Gasteiger partial charge in [0.25, 0.3) is 0 Å². The molecule has 1 fully saturated rings. The number of rotatable bonds is 3. The van der Waals surface area contributed by atoms with E-state index in [1.165, 1.54) is 12.5 Å². The van der Waals surface area contributed by atoms with E-state index in [4.69, 9.17) is 22.1 Å². The number of nitrogens with two attached hydrogens (primary N) is 1. The van der Waals surface area contributed by atoms with Gasteiger partial charge in [-0.15, -0.1) is 0 Å². The lowest BCUT2D eigenvalue weighted by Crippen LogP contribution is -2.21. The summed E-state index contributed by atoms with van der Waals surface area (Å²) >= 11 is 5.84. The van der Waals surface area contributed by atoms with E-state index >= 15 is 0 Å². The van der Waals surface area contributed by atoms with Gasteiger partial charge in [-0.1, -0.05) is 11.6 Å². The van der Waals surface area contributed by atoms with Crippen molar-refractivity contribution in [2.45, 2.75) is 38.3 Å². The fourth-order valence-corrected chi connectivity index (χ4v) is 2.84. The first kappa shape index (κ1) is 13.6. The lowest BCUT2D eigenvalue weighted by Gasteiger charge is -2.22.